The Morgan fingerprint density at radius 3 is 2.56 bits per heavy atom. The van der Waals surface area contributed by atoms with Crippen LogP contribution in [0, 0.1) is 5.92 Å². The normalized spacial score (nSPS) is 22.0. The number of halogens is 2. The molecule has 2 aliphatic heterocycles. The zero-order valence-corrected chi connectivity index (χ0v) is 25.5. The third-order valence-corrected chi connectivity index (χ3v) is 8.83. The van der Waals surface area contributed by atoms with Crippen LogP contribution in [-0.4, -0.2) is 89.1 Å². The number of aromatic nitrogens is 2. The first kappa shape index (κ1) is 32.5. The Balaban J connectivity index is 0.961. The first-order valence-electron chi connectivity index (χ1n) is 15.6. The number of alkyl halides is 2. The van der Waals surface area contributed by atoms with Crippen molar-refractivity contribution < 1.29 is 32.7 Å². The van der Waals surface area contributed by atoms with E-state index in [-0.39, 0.29) is 41.4 Å². The van der Waals surface area contributed by atoms with Crippen LogP contribution in [0.15, 0.2) is 24.4 Å². The van der Waals surface area contributed by atoms with Crippen molar-refractivity contribution in [1.82, 2.24) is 24.9 Å². The number of benzene rings is 1. The second kappa shape index (κ2) is 14.5. The lowest BCUT2D eigenvalue weighted by Gasteiger charge is -2.31. The van der Waals surface area contributed by atoms with Crippen LogP contribution in [0.5, 0.6) is 0 Å². The zero-order valence-electron chi connectivity index (χ0n) is 25.5. The summed E-state index contributed by atoms with van der Waals surface area (Å²) in [6, 6.07) is 4.12. The van der Waals surface area contributed by atoms with Gasteiger partial charge < -0.3 is 20.7 Å². The third kappa shape index (κ3) is 7.50. The highest BCUT2D eigenvalue weighted by atomic mass is 19.3. The van der Waals surface area contributed by atoms with Gasteiger partial charge in [0.1, 0.15) is 6.04 Å². The fraction of sp³-hybridized carbons (Fsp3) is 0.581. The molecule has 1 aliphatic carbocycles. The van der Waals surface area contributed by atoms with Crippen molar-refractivity contribution in [2.75, 3.05) is 50.9 Å². The number of carbonyl (C=O) groups is 4. The minimum absolute atomic E-state index is 0.0546. The number of nitrogens with zero attached hydrogens (tertiary/aromatic N) is 4. The molecule has 5 rings (SSSR count). The van der Waals surface area contributed by atoms with E-state index in [1.165, 1.54) is 6.20 Å². The lowest BCUT2D eigenvalue weighted by Crippen LogP contribution is -2.54. The van der Waals surface area contributed by atoms with E-state index in [1.807, 2.05) is 0 Å². The van der Waals surface area contributed by atoms with E-state index < -0.39 is 36.1 Å². The Morgan fingerprint density at radius 2 is 1.84 bits per heavy atom. The van der Waals surface area contributed by atoms with Crippen LogP contribution in [0.2, 0.25) is 0 Å². The standard InChI is InChI=1S/C31H41F2N7O5/c1-38(17-19-7-9-20(10-8-19)39-18-22(34)27(37-39)28(32)33)14-4-16-45-15-3-13-35-23-6-2-5-21-26(23)31(44)40(30(21)43)24-11-12-25(41)36-29(24)42/h2,5-6,18-20,24,28,35H,3-4,7-17,34H2,1H3,(H,36,41,42). The van der Waals surface area contributed by atoms with E-state index in [4.69, 9.17) is 10.5 Å². The van der Waals surface area contributed by atoms with Crippen molar-refractivity contribution in [3.8, 4) is 0 Å². The van der Waals surface area contributed by atoms with Gasteiger partial charge in [0.15, 0.2) is 5.69 Å². The van der Waals surface area contributed by atoms with Crippen LogP contribution < -0.4 is 16.4 Å². The lowest BCUT2D eigenvalue weighted by atomic mass is 9.86. The van der Waals surface area contributed by atoms with Crippen molar-refractivity contribution in [3.05, 3.63) is 41.2 Å². The highest BCUT2D eigenvalue weighted by Gasteiger charge is 2.45. The number of piperidine rings is 1. The van der Waals surface area contributed by atoms with Gasteiger partial charge in [-0.1, -0.05) is 6.07 Å². The van der Waals surface area contributed by atoms with Gasteiger partial charge in [0.2, 0.25) is 11.8 Å². The molecule has 3 aliphatic rings. The molecule has 14 heteroatoms. The van der Waals surface area contributed by atoms with Gasteiger partial charge in [-0.05, 0) is 70.0 Å². The summed E-state index contributed by atoms with van der Waals surface area (Å²) >= 11 is 0. The molecular weight excluding hydrogens is 588 g/mol. The summed E-state index contributed by atoms with van der Waals surface area (Å²) in [5.41, 5.74) is 6.44. The fourth-order valence-electron chi connectivity index (χ4n) is 6.50. The summed E-state index contributed by atoms with van der Waals surface area (Å²) in [4.78, 5) is 53.3. The van der Waals surface area contributed by atoms with Gasteiger partial charge in [0.05, 0.1) is 22.9 Å². The molecule has 0 radical (unpaired) electrons. The molecular formula is C31H41F2N7O5. The largest absolute Gasteiger partial charge is 0.396 e. The van der Waals surface area contributed by atoms with Gasteiger partial charge in [0.25, 0.3) is 18.2 Å². The van der Waals surface area contributed by atoms with Crippen molar-refractivity contribution in [3.63, 3.8) is 0 Å². The molecule has 45 heavy (non-hydrogen) atoms. The zero-order chi connectivity index (χ0) is 32.1. The summed E-state index contributed by atoms with van der Waals surface area (Å²) in [5.74, 6) is -1.55. The number of carbonyl (C=O) groups excluding carboxylic acids is 4. The van der Waals surface area contributed by atoms with Crippen LogP contribution in [0.25, 0.3) is 0 Å². The van der Waals surface area contributed by atoms with E-state index >= 15 is 0 Å². The number of hydrogen-bond donors (Lipinski definition) is 3. The van der Waals surface area contributed by atoms with Crippen LogP contribution >= 0.6 is 0 Å². The van der Waals surface area contributed by atoms with Crippen molar-refractivity contribution in [2.45, 2.75) is 69.9 Å². The van der Waals surface area contributed by atoms with Crippen molar-refractivity contribution >= 4 is 35.0 Å². The summed E-state index contributed by atoms with van der Waals surface area (Å²) in [6.45, 7) is 3.58. The Labute approximate surface area is 260 Å². The number of fused-ring (bicyclic) bond motifs is 1. The molecule has 1 saturated heterocycles. The minimum atomic E-state index is -2.66. The lowest BCUT2D eigenvalue weighted by molar-refractivity contribution is -0.136. The maximum atomic E-state index is 13.2. The molecule has 0 spiro atoms. The Morgan fingerprint density at radius 1 is 1.09 bits per heavy atom. The van der Waals surface area contributed by atoms with Gasteiger partial charge in [-0.25, -0.2) is 8.78 Å². The van der Waals surface area contributed by atoms with E-state index in [0.29, 0.717) is 37.8 Å². The summed E-state index contributed by atoms with van der Waals surface area (Å²) in [6.07, 6.45) is 4.47. The third-order valence-electron chi connectivity index (χ3n) is 8.83. The van der Waals surface area contributed by atoms with Gasteiger partial charge >= 0.3 is 0 Å². The molecule has 4 amide bonds. The average Bonchev–Trinajstić information content (AvgIpc) is 3.52. The quantitative estimate of drug-likeness (QED) is 0.211. The first-order chi connectivity index (χ1) is 21.6. The van der Waals surface area contributed by atoms with E-state index in [2.05, 4.69) is 27.7 Å². The van der Waals surface area contributed by atoms with Crippen LogP contribution in [0.1, 0.15) is 90.2 Å². The molecule has 3 heterocycles. The molecule has 1 aromatic heterocycles. The molecule has 2 aromatic rings. The number of nitrogens with one attached hydrogen (secondary N) is 2. The highest BCUT2D eigenvalue weighted by Crippen LogP contribution is 2.35. The van der Waals surface area contributed by atoms with Crippen molar-refractivity contribution in [2.24, 2.45) is 5.92 Å². The number of ether oxygens (including phenoxy) is 1. The number of hydrogen-bond acceptors (Lipinski definition) is 9. The molecule has 4 N–H and O–H groups in total. The Hall–Kier alpha value is -3.91. The second-order valence-electron chi connectivity index (χ2n) is 12.1. The minimum Gasteiger partial charge on any atom is -0.396 e. The van der Waals surface area contributed by atoms with Crippen LogP contribution in [0.4, 0.5) is 20.2 Å². The smallest absolute Gasteiger partial charge is 0.284 e. The van der Waals surface area contributed by atoms with Gasteiger partial charge in [-0.2, -0.15) is 5.10 Å². The fourth-order valence-corrected chi connectivity index (χ4v) is 6.50. The molecule has 12 nitrogen and oxygen atoms in total. The Bertz CT molecular complexity index is 1410. The van der Waals surface area contributed by atoms with Gasteiger partial charge in [0, 0.05) is 51.2 Å². The van der Waals surface area contributed by atoms with Crippen LogP contribution in [-0.2, 0) is 14.3 Å². The number of amides is 4. The predicted molar refractivity (Wildman–Crippen MR) is 162 cm³/mol. The maximum Gasteiger partial charge on any atom is 0.284 e. The highest BCUT2D eigenvalue weighted by molar-refractivity contribution is 6.25. The number of nitrogens with two attached hydrogens (primary N) is 1. The number of nitrogen functional groups attached to an aromatic ring is 1. The second-order valence-corrected chi connectivity index (χ2v) is 12.1. The van der Waals surface area contributed by atoms with E-state index in [0.717, 1.165) is 50.1 Å². The van der Waals surface area contributed by atoms with E-state index in [1.54, 1.807) is 22.9 Å². The monoisotopic (exact) mass is 629 g/mol. The predicted octanol–water partition coefficient (Wildman–Crippen LogP) is 3.38. The molecule has 0 bridgehead atoms. The maximum absolute atomic E-state index is 13.2. The average molecular weight is 630 g/mol. The molecule has 2 fully saturated rings. The Kier molecular flexibility index (Phi) is 10.4. The molecule has 1 atom stereocenters. The SMILES string of the molecule is CN(CCCOCCCNc1cccc2c1C(=O)N(C1CCC(=O)NC1=O)C2=O)CC1CCC(n2cc(N)c(C(F)F)n2)CC1. The molecule has 1 aromatic carbocycles. The van der Waals surface area contributed by atoms with Gasteiger partial charge in [-0.3, -0.25) is 34.1 Å². The van der Waals surface area contributed by atoms with Crippen molar-refractivity contribution in [1.29, 1.82) is 0 Å². The number of anilines is 2. The number of rotatable bonds is 14. The molecule has 244 valence electrons. The molecule has 1 unspecified atom stereocenters. The summed E-state index contributed by atoms with van der Waals surface area (Å²) in [5, 5.41) is 9.45. The first-order valence-corrected chi connectivity index (χ1v) is 15.6. The van der Waals surface area contributed by atoms with Gasteiger partial charge in [-0.15, -0.1) is 0 Å². The summed E-state index contributed by atoms with van der Waals surface area (Å²) < 4.78 is 33.5. The summed E-state index contributed by atoms with van der Waals surface area (Å²) in [7, 11) is 2.10. The van der Waals surface area contributed by atoms with Crippen LogP contribution in [0.3, 0.4) is 0 Å². The topological polar surface area (TPSA) is 152 Å². The molecule has 1 saturated carbocycles. The number of imide groups is 2. The van der Waals surface area contributed by atoms with E-state index in [9.17, 15) is 28.0 Å².